The second kappa shape index (κ2) is 7.12. The molecular formula is C19H18F3NOS. The van der Waals surface area contributed by atoms with Gasteiger partial charge in [0.25, 0.3) is 0 Å². The van der Waals surface area contributed by atoms with Crippen LogP contribution in [0.4, 0.5) is 13.2 Å². The Bertz CT molecular complexity index is 741. The van der Waals surface area contributed by atoms with E-state index in [4.69, 9.17) is 0 Å². The minimum absolute atomic E-state index is 0.0254. The van der Waals surface area contributed by atoms with Gasteiger partial charge in [0.15, 0.2) is 0 Å². The van der Waals surface area contributed by atoms with Gasteiger partial charge in [0, 0.05) is 12.3 Å². The van der Waals surface area contributed by atoms with E-state index < -0.39 is 11.7 Å². The van der Waals surface area contributed by atoms with Crippen LogP contribution in [0.2, 0.25) is 0 Å². The summed E-state index contributed by atoms with van der Waals surface area (Å²) in [4.78, 5) is 14.5. The maximum Gasteiger partial charge on any atom is 0.416 e. The molecule has 6 heteroatoms. The molecule has 1 aliphatic heterocycles. The van der Waals surface area contributed by atoms with Crippen molar-refractivity contribution in [3.63, 3.8) is 0 Å². The lowest BCUT2D eigenvalue weighted by atomic mass is 10.1. The number of halogens is 3. The molecule has 0 radical (unpaired) electrons. The molecule has 1 amide bonds. The lowest BCUT2D eigenvalue weighted by Gasteiger charge is -2.24. The van der Waals surface area contributed by atoms with E-state index in [1.54, 1.807) is 11.8 Å². The summed E-state index contributed by atoms with van der Waals surface area (Å²) < 4.78 is 37.9. The summed E-state index contributed by atoms with van der Waals surface area (Å²) in [5.74, 6) is 0.799. The average Bonchev–Trinajstić information content (AvgIpc) is 3.05. The molecule has 3 rings (SSSR count). The van der Waals surface area contributed by atoms with Crippen molar-refractivity contribution in [1.82, 2.24) is 4.90 Å². The predicted molar refractivity (Wildman–Crippen MR) is 93.2 cm³/mol. The Hall–Kier alpha value is -1.95. The lowest BCUT2D eigenvalue weighted by molar-refractivity contribution is -0.137. The van der Waals surface area contributed by atoms with E-state index >= 15 is 0 Å². The van der Waals surface area contributed by atoms with Crippen LogP contribution >= 0.6 is 11.8 Å². The van der Waals surface area contributed by atoms with Crippen molar-refractivity contribution in [3.8, 4) is 0 Å². The fraction of sp³-hybridized carbons (Fsp3) is 0.316. The number of rotatable bonds is 3. The van der Waals surface area contributed by atoms with Crippen molar-refractivity contribution < 1.29 is 18.0 Å². The van der Waals surface area contributed by atoms with Crippen LogP contribution in [0.15, 0.2) is 48.5 Å². The molecule has 2 aromatic carbocycles. The largest absolute Gasteiger partial charge is 0.416 e. The molecular weight excluding hydrogens is 347 g/mol. The first-order chi connectivity index (χ1) is 11.8. The van der Waals surface area contributed by atoms with Gasteiger partial charge in [0.1, 0.15) is 5.37 Å². The molecule has 2 nitrogen and oxygen atoms in total. The molecule has 1 atom stereocenters. The third-order valence-electron chi connectivity index (χ3n) is 4.21. The number of thioether (sulfide) groups is 1. The highest BCUT2D eigenvalue weighted by Crippen LogP contribution is 2.38. The van der Waals surface area contributed by atoms with Gasteiger partial charge in [-0.25, -0.2) is 0 Å². The van der Waals surface area contributed by atoms with Crippen LogP contribution in [0.1, 0.15) is 27.6 Å². The molecule has 2 aromatic rings. The van der Waals surface area contributed by atoms with E-state index in [1.807, 2.05) is 36.1 Å². The monoisotopic (exact) mass is 365 g/mol. The fourth-order valence-electron chi connectivity index (χ4n) is 2.82. The van der Waals surface area contributed by atoms with Crippen LogP contribution < -0.4 is 0 Å². The number of amides is 1. The molecule has 132 valence electrons. The number of nitrogens with zero attached hydrogens (tertiary/aromatic N) is 1. The van der Waals surface area contributed by atoms with Crippen molar-refractivity contribution in [1.29, 1.82) is 0 Å². The maximum absolute atomic E-state index is 12.6. The number of carbonyl (C=O) groups is 1. The van der Waals surface area contributed by atoms with Gasteiger partial charge < -0.3 is 4.90 Å². The number of hydrogen-bond donors (Lipinski definition) is 0. The molecule has 1 fully saturated rings. The molecule has 0 spiro atoms. The van der Waals surface area contributed by atoms with Gasteiger partial charge in [-0.1, -0.05) is 42.0 Å². The number of hydrogen-bond acceptors (Lipinski definition) is 2. The van der Waals surface area contributed by atoms with Crippen molar-refractivity contribution in [2.75, 3.05) is 12.3 Å². The second-order valence-corrected chi connectivity index (χ2v) is 7.28. The smallest absolute Gasteiger partial charge is 0.325 e. The quantitative estimate of drug-likeness (QED) is 0.776. The van der Waals surface area contributed by atoms with Gasteiger partial charge in [-0.3, -0.25) is 4.79 Å². The van der Waals surface area contributed by atoms with E-state index in [9.17, 15) is 18.0 Å². The summed E-state index contributed by atoms with van der Waals surface area (Å²) in [7, 11) is 0. The van der Waals surface area contributed by atoms with E-state index in [-0.39, 0.29) is 17.7 Å². The van der Waals surface area contributed by atoms with Crippen LogP contribution in [-0.2, 0) is 17.4 Å². The Kier molecular flexibility index (Phi) is 5.08. The number of benzene rings is 2. The summed E-state index contributed by atoms with van der Waals surface area (Å²) >= 11 is 1.71. The first kappa shape index (κ1) is 17.9. The van der Waals surface area contributed by atoms with Gasteiger partial charge in [-0.2, -0.15) is 13.2 Å². The van der Waals surface area contributed by atoms with E-state index in [2.05, 4.69) is 0 Å². The Morgan fingerprint density at radius 2 is 1.76 bits per heavy atom. The number of alkyl halides is 3. The number of aryl methyl sites for hydroxylation is 1. The van der Waals surface area contributed by atoms with Crippen LogP contribution in [0.25, 0.3) is 0 Å². The SMILES string of the molecule is Cc1ccc(C2SCCN2C(=O)Cc2ccc(C(F)(F)F)cc2)cc1. The summed E-state index contributed by atoms with van der Waals surface area (Å²) in [6.07, 6.45) is -4.24. The van der Waals surface area contributed by atoms with Crippen molar-refractivity contribution in [3.05, 3.63) is 70.8 Å². The van der Waals surface area contributed by atoms with Crippen LogP contribution in [0.3, 0.4) is 0 Å². The summed E-state index contributed by atoms with van der Waals surface area (Å²) in [5.41, 5.74) is 2.14. The van der Waals surface area contributed by atoms with E-state index in [0.29, 0.717) is 12.1 Å². The molecule has 1 heterocycles. The van der Waals surface area contributed by atoms with Crippen molar-refractivity contribution in [2.45, 2.75) is 24.9 Å². The van der Waals surface area contributed by atoms with Crippen LogP contribution in [0.5, 0.6) is 0 Å². The molecule has 0 aromatic heterocycles. The molecule has 0 saturated carbocycles. The second-order valence-electron chi connectivity index (χ2n) is 6.09. The van der Waals surface area contributed by atoms with Gasteiger partial charge in [0.05, 0.1) is 12.0 Å². The van der Waals surface area contributed by atoms with Crippen molar-refractivity contribution in [2.24, 2.45) is 0 Å². The summed E-state index contributed by atoms with van der Waals surface area (Å²) in [6, 6.07) is 12.9. The zero-order chi connectivity index (χ0) is 18.0. The Morgan fingerprint density at radius 3 is 2.36 bits per heavy atom. The van der Waals surface area contributed by atoms with Gasteiger partial charge >= 0.3 is 6.18 Å². The minimum atomic E-state index is -4.36. The third kappa shape index (κ3) is 4.18. The third-order valence-corrected chi connectivity index (χ3v) is 5.47. The number of carbonyl (C=O) groups excluding carboxylic acids is 1. The van der Waals surface area contributed by atoms with Crippen LogP contribution in [0, 0.1) is 6.92 Å². The Labute approximate surface area is 149 Å². The molecule has 1 aliphatic rings. The molecule has 0 bridgehead atoms. The topological polar surface area (TPSA) is 20.3 Å². The normalized spacial score (nSPS) is 17.8. The van der Waals surface area contributed by atoms with Gasteiger partial charge in [-0.05, 0) is 30.2 Å². The van der Waals surface area contributed by atoms with E-state index in [1.165, 1.54) is 12.1 Å². The highest BCUT2D eigenvalue weighted by molar-refractivity contribution is 7.99. The minimum Gasteiger partial charge on any atom is -0.325 e. The molecule has 1 saturated heterocycles. The maximum atomic E-state index is 12.6. The molecule has 0 aliphatic carbocycles. The average molecular weight is 365 g/mol. The molecule has 1 unspecified atom stereocenters. The molecule has 0 N–H and O–H groups in total. The highest BCUT2D eigenvalue weighted by atomic mass is 32.2. The predicted octanol–water partition coefficient (Wildman–Crippen LogP) is 4.83. The standard InChI is InChI=1S/C19H18F3NOS/c1-13-2-6-15(7-3-13)18-23(10-11-25-18)17(24)12-14-4-8-16(9-5-14)19(20,21)22/h2-9,18H,10-12H2,1H3. The van der Waals surface area contributed by atoms with E-state index in [0.717, 1.165) is 29.0 Å². The van der Waals surface area contributed by atoms with Crippen LogP contribution in [-0.4, -0.2) is 23.1 Å². The van der Waals surface area contributed by atoms with Crippen molar-refractivity contribution >= 4 is 17.7 Å². The Balaban J connectivity index is 1.70. The summed E-state index contributed by atoms with van der Waals surface area (Å²) in [5, 5.41) is -0.0254. The highest BCUT2D eigenvalue weighted by Gasteiger charge is 2.32. The fourth-order valence-corrected chi connectivity index (χ4v) is 4.10. The van der Waals surface area contributed by atoms with Gasteiger partial charge in [0.2, 0.25) is 5.91 Å². The zero-order valence-corrected chi connectivity index (χ0v) is 14.5. The molecule has 25 heavy (non-hydrogen) atoms. The van der Waals surface area contributed by atoms with Gasteiger partial charge in [-0.15, -0.1) is 11.8 Å². The summed E-state index contributed by atoms with van der Waals surface area (Å²) in [6.45, 7) is 2.67. The first-order valence-corrected chi connectivity index (χ1v) is 9.03. The Morgan fingerprint density at radius 1 is 1.12 bits per heavy atom. The lowest BCUT2D eigenvalue weighted by Crippen LogP contribution is -2.31. The zero-order valence-electron chi connectivity index (χ0n) is 13.7. The first-order valence-electron chi connectivity index (χ1n) is 7.98.